The van der Waals surface area contributed by atoms with Crippen LogP contribution in [0.25, 0.3) is 11.1 Å². The number of ether oxygens (including phenoxy) is 2. The van der Waals surface area contributed by atoms with Crippen LogP contribution in [0.2, 0.25) is 5.02 Å². The number of halogens is 7. The molecule has 2 aromatic heterocycles. The quantitative estimate of drug-likeness (QED) is 0.208. The Bertz CT molecular complexity index is 1490. The highest BCUT2D eigenvalue weighted by atomic mass is 35.5. The minimum Gasteiger partial charge on any atom is -0.455 e. The van der Waals surface area contributed by atoms with E-state index in [4.69, 9.17) is 22.1 Å². The van der Waals surface area contributed by atoms with E-state index in [1.807, 2.05) is 0 Å². The predicted molar refractivity (Wildman–Crippen MR) is 134 cm³/mol. The second-order valence-corrected chi connectivity index (χ2v) is 9.47. The van der Waals surface area contributed by atoms with Crippen LogP contribution < -0.4 is 19.9 Å². The van der Waals surface area contributed by atoms with E-state index in [2.05, 4.69) is 24.6 Å². The van der Waals surface area contributed by atoms with E-state index in [1.165, 1.54) is 17.1 Å². The van der Waals surface area contributed by atoms with Gasteiger partial charge in [-0.2, -0.15) is 5.10 Å². The highest BCUT2D eigenvalue weighted by Gasteiger charge is 2.32. The van der Waals surface area contributed by atoms with Crippen molar-refractivity contribution in [2.45, 2.75) is 11.3 Å². The number of thiazole rings is 1. The molecule has 0 atom stereocenters. The summed E-state index contributed by atoms with van der Waals surface area (Å²) in [5.74, 6) is -2.18. The standard InChI is InChI=1S/C19H12ClF4N5O4S2.2ClH/c20-12-4-16(35(30,31)29-17-7-34-8-26-17)13(21)5-15(12)32-14-2-1-9(33-19(22,23)24)3-10(14)11-6-27-28-18(11)25;;/h1-8,29H,(H3,25,27,28);2*1H. The fourth-order valence-electron chi connectivity index (χ4n) is 2.88. The molecule has 37 heavy (non-hydrogen) atoms. The molecule has 4 N–H and O–H groups in total. The van der Waals surface area contributed by atoms with Gasteiger partial charge in [-0.1, -0.05) is 11.6 Å². The lowest BCUT2D eigenvalue weighted by atomic mass is 10.1. The van der Waals surface area contributed by atoms with Gasteiger partial charge in [0.1, 0.15) is 33.8 Å². The number of nitrogen functional groups attached to an aromatic ring is 1. The number of nitrogens with two attached hydrogens (primary N) is 1. The van der Waals surface area contributed by atoms with Gasteiger partial charge in [0.25, 0.3) is 10.0 Å². The van der Waals surface area contributed by atoms with E-state index in [9.17, 15) is 26.0 Å². The molecule has 0 saturated heterocycles. The molecule has 0 bridgehead atoms. The maximum atomic E-state index is 14.8. The van der Waals surface area contributed by atoms with Crippen molar-refractivity contribution in [1.82, 2.24) is 15.2 Å². The first-order valence-electron chi connectivity index (χ1n) is 9.20. The average molecular weight is 623 g/mol. The summed E-state index contributed by atoms with van der Waals surface area (Å²) in [5.41, 5.74) is 7.34. The number of benzene rings is 2. The van der Waals surface area contributed by atoms with Gasteiger partial charge in [0.05, 0.1) is 16.7 Å². The Balaban J connectivity index is 0.00000241. The number of aromatic amines is 1. The van der Waals surface area contributed by atoms with Crippen molar-refractivity contribution in [3.8, 4) is 28.4 Å². The van der Waals surface area contributed by atoms with Gasteiger partial charge in [-0.25, -0.2) is 17.8 Å². The number of nitrogens with one attached hydrogen (secondary N) is 2. The highest BCUT2D eigenvalue weighted by molar-refractivity contribution is 7.92. The van der Waals surface area contributed by atoms with Gasteiger partial charge in [0.2, 0.25) is 0 Å². The fourth-order valence-corrected chi connectivity index (χ4v) is 4.80. The van der Waals surface area contributed by atoms with E-state index in [1.54, 1.807) is 0 Å². The van der Waals surface area contributed by atoms with Crippen molar-refractivity contribution < 1.29 is 35.5 Å². The topological polar surface area (TPSA) is 132 Å². The Morgan fingerprint density at radius 2 is 1.84 bits per heavy atom. The van der Waals surface area contributed by atoms with Gasteiger partial charge < -0.3 is 15.2 Å². The zero-order valence-corrected chi connectivity index (χ0v) is 21.8. The van der Waals surface area contributed by atoms with Crippen LogP contribution in [0.1, 0.15) is 0 Å². The molecule has 4 aromatic rings. The van der Waals surface area contributed by atoms with Crippen molar-refractivity contribution in [2.24, 2.45) is 0 Å². The monoisotopic (exact) mass is 621 g/mol. The summed E-state index contributed by atoms with van der Waals surface area (Å²) in [7, 11) is -4.37. The first kappa shape index (κ1) is 30.2. The summed E-state index contributed by atoms with van der Waals surface area (Å²) in [5, 5.41) is 7.26. The van der Waals surface area contributed by atoms with Crippen molar-refractivity contribution in [3.05, 3.63) is 58.3 Å². The summed E-state index contributed by atoms with van der Waals surface area (Å²) >= 11 is 7.28. The summed E-state index contributed by atoms with van der Waals surface area (Å²) in [6.07, 6.45) is -3.72. The molecular formula is C19H14Cl3F4N5O4S2. The summed E-state index contributed by atoms with van der Waals surface area (Å²) < 4.78 is 89.5. The van der Waals surface area contributed by atoms with E-state index >= 15 is 0 Å². The van der Waals surface area contributed by atoms with Crippen molar-refractivity contribution in [1.29, 1.82) is 0 Å². The van der Waals surface area contributed by atoms with Gasteiger partial charge in [-0.05, 0) is 24.3 Å². The van der Waals surface area contributed by atoms with E-state index in [0.29, 0.717) is 0 Å². The molecule has 2 heterocycles. The number of hydrogen-bond acceptors (Lipinski definition) is 8. The molecule has 0 amide bonds. The number of rotatable bonds is 7. The Morgan fingerprint density at radius 3 is 2.43 bits per heavy atom. The van der Waals surface area contributed by atoms with Crippen LogP contribution >= 0.6 is 47.8 Å². The van der Waals surface area contributed by atoms with Crippen LogP contribution in [0.5, 0.6) is 17.2 Å². The first-order valence-corrected chi connectivity index (χ1v) is 12.0. The van der Waals surface area contributed by atoms with Crippen molar-refractivity contribution >= 4 is 69.4 Å². The number of H-pyrrole nitrogens is 1. The molecule has 0 fully saturated rings. The molecule has 0 unspecified atom stereocenters. The van der Waals surface area contributed by atoms with E-state index in [0.717, 1.165) is 41.7 Å². The maximum absolute atomic E-state index is 14.8. The summed E-state index contributed by atoms with van der Waals surface area (Å²) in [4.78, 5) is 3.00. The number of sulfonamides is 1. The zero-order chi connectivity index (χ0) is 25.4. The number of nitrogens with zero attached hydrogens (tertiary/aromatic N) is 2. The molecule has 4 rings (SSSR count). The van der Waals surface area contributed by atoms with Gasteiger partial charge in [0, 0.05) is 22.6 Å². The fraction of sp³-hybridized carbons (Fsp3) is 0.0526. The normalized spacial score (nSPS) is 11.3. The smallest absolute Gasteiger partial charge is 0.455 e. The van der Waals surface area contributed by atoms with E-state index < -0.39 is 32.8 Å². The molecule has 0 aliphatic heterocycles. The minimum atomic E-state index is -4.96. The molecule has 0 saturated carbocycles. The number of aromatic nitrogens is 3. The molecule has 200 valence electrons. The zero-order valence-electron chi connectivity index (χ0n) is 17.7. The highest BCUT2D eigenvalue weighted by Crippen LogP contribution is 2.41. The Morgan fingerprint density at radius 1 is 1.11 bits per heavy atom. The van der Waals surface area contributed by atoms with Gasteiger partial charge in [-0.15, -0.1) is 49.3 Å². The number of anilines is 2. The second-order valence-electron chi connectivity index (χ2n) is 6.70. The first-order chi connectivity index (χ1) is 16.4. The lowest BCUT2D eigenvalue weighted by Gasteiger charge is -2.16. The van der Waals surface area contributed by atoms with Crippen LogP contribution in [0.4, 0.5) is 29.2 Å². The third-order valence-corrected chi connectivity index (χ3v) is 6.56. The lowest BCUT2D eigenvalue weighted by molar-refractivity contribution is -0.274. The van der Waals surface area contributed by atoms with Crippen LogP contribution in [-0.2, 0) is 10.0 Å². The van der Waals surface area contributed by atoms with E-state index in [-0.39, 0.29) is 64.1 Å². The SMILES string of the molecule is Cl.Cl.Nc1[nH]ncc1-c1cc(OC(F)(F)F)ccc1Oc1cc(F)c(S(=O)(=O)Nc2cscn2)cc1Cl. The third kappa shape index (κ3) is 7.07. The molecule has 9 nitrogen and oxygen atoms in total. The van der Waals surface area contributed by atoms with Crippen molar-refractivity contribution in [2.75, 3.05) is 10.5 Å². The Labute approximate surface area is 227 Å². The molecule has 0 radical (unpaired) electrons. The number of hydrogen-bond donors (Lipinski definition) is 3. The molecule has 0 spiro atoms. The van der Waals surface area contributed by atoms with Crippen molar-refractivity contribution in [3.63, 3.8) is 0 Å². The summed E-state index contributed by atoms with van der Waals surface area (Å²) in [6, 6.07) is 4.62. The number of alkyl halides is 3. The average Bonchev–Trinajstić information content (AvgIpc) is 3.41. The third-order valence-electron chi connectivity index (χ3n) is 4.31. The molecular weight excluding hydrogens is 609 g/mol. The molecule has 2 aromatic carbocycles. The molecule has 0 aliphatic carbocycles. The lowest BCUT2D eigenvalue weighted by Crippen LogP contribution is -2.17. The van der Waals surface area contributed by atoms with Crippen LogP contribution in [0, 0.1) is 5.82 Å². The van der Waals surface area contributed by atoms with Crippen LogP contribution in [-0.4, -0.2) is 30.0 Å². The van der Waals surface area contributed by atoms with Gasteiger partial charge in [0.15, 0.2) is 5.82 Å². The minimum absolute atomic E-state index is 0. The predicted octanol–water partition coefficient (Wildman–Crippen LogP) is 6.24. The van der Waals surface area contributed by atoms with Gasteiger partial charge >= 0.3 is 6.36 Å². The van der Waals surface area contributed by atoms with Crippen LogP contribution in [0.15, 0.2) is 52.3 Å². The second kappa shape index (κ2) is 11.6. The summed E-state index contributed by atoms with van der Waals surface area (Å²) in [6.45, 7) is 0. The van der Waals surface area contributed by atoms with Crippen LogP contribution in [0.3, 0.4) is 0 Å². The Kier molecular flexibility index (Phi) is 9.48. The molecule has 0 aliphatic rings. The Hall–Kier alpha value is -2.98. The molecule has 18 heteroatoms. The largest absolute Gasteiger partial charge is 0.573 e. The van der Waals surface area contributed by atoms with Gasteiger partial charge in [-0.3, -0.25) is 9.82 Å². The maximum Gasteiger partial charge on any atom is 0.573 e.